The number of Topliss-reactive ketones (excluding diaryl/α,β-unsaturated/α-hetero) is 1. The van der Waals surface area contributed by atoms with E-state index in [1.165, 1.54) is 11.8 Å². The Bertz CT molecular complexity index is 1220. The Morgan fingerprint density at radius 3 is 2.57 bits per heavy atom. The van der Waals surface area contributed by atoms with Gasteiger partial charge < -0.3 is 9.26 Å². The second kappa shape index (κ2) is 8.92. The number of carbonyl (C=O) groups excluding carboxylic acids is 2. The summed E-state index contributed by atoms with van der Waals surface area (Å²) >= 11 is 1.39. The van der Waals surface area contributed by atoms with Crippen LogP contribution in [-0.2, 0) is 10.5 Å². The summed E-state index contributed by atoms with van der Waals surface area (Å²) in [6.07, 6.45) is 0. The number of esters is 1. The molecule has 0 saturated heterocycles. The highest BCUT2D eigenvalue weighted by Crippen LogP contribution is 2.26. The van der Waals surface area contributed by atoms with Crippen LogP contribution >= 0.6 is 11.8 Å². The topological polar surface area (TPSA) is 82.3 Å². The largest absolute Gasteiger partial charge is 0.454 e. The van der Waals surface area contributed by atoms with Gasteiger partial charge >= 0.3 is 5.97 Å². The number of carbonyl (C=O) groups is 2. The summed E-state index contributed by atoms with van der Waals surface area (Å²) in [5.41, 5.74) is 0.904. The van der Waals surface area contributed by atoms with Gasteiger partial charge in [-0.05, 0) is 35.9 Å². The average molecular weight is 418 g/mol. The molecule has 0 amide bonds. The van der Waals surface area contributed by atoms with Gasteiger partial charge in [0.1, 0.15) is 0 Å². The summed E-state index contributed by atoms with van der Waals surface area (Å²) in [6, 6.07) is 20.3. The summed E-state index contributed by atoms with van der Waals surface area (Å²) < 4.78 is 10.4. The number of nitrogens with zero attached hydrogens (tertiary/aromatic N) is 2. The fourth-order valence-electron chi connectivity index (χ4n) is 2.95. The van der Waals surface area contributed by atoms with Crippen molar-refractivity contribution in [3.63, 3.8) is 0 Å². The Morgan fingerprint density at radius 1 is 1.00 bits per heavy atom. The van der Waals surface area contributed by atoms with Gasteiger partial charge in [0.2, 0.25) is 5.89 Å². The van der Waals surface area contributed by atoms with Crippen molar-refractivity contribution >= 4 is 34.3 Å². The third-order valence-corrected chi connectivity index (χ3v) is 5.49. The van der Waals surface area contributed by atoms with Crippen LogP contribution in [0.5, 0.6) is 0 Å². The number of hydrogen-bond donors (Lipinski definition) is 0. The van der Waals surface area contributed by atoms with Gasteiger partial charge in [0.05, 0.1) is 11.3 Å². The minimum Gasteiger partial charge on any atom is -0.454 e. The zero-order valence-electron chi connectivity index (χ0n) is 16.2. The fourth-order valence-corrected chi connectivity index (χ4v) is 3.83. The summed E-state index contributed by atoms with van der Waals surface area (Å²) in [4.78, 5) is 30.0. The van der Waals surface area contributed by atoms with Gasteiger partial charge in [-0.2, -0.15) is 4.98 Å². The molecule has 0 N–H and O–H groups in total. The molecule has 0 atom stereocenters. The summed E-state index contributed by atoms with van der Waals surface area (Å²) in [6.45, 7) is 1.43. The van der Waals surface area contributed by atoms with Gasteiger partial charge in [-0.3, -0.25) is 4.79 Å². The Balaban J connectivity index is 1.41. The van der Waals surface area contributed by atoms with Crippen molar-refractivity contribution in [3.8, 4) is 0 Å². The first kappa shape index (κ1) is 19.8. The number of fused-ring (bicyclic) bond motifs is 1. The Morgan fingerprint density at radius 2 is 1.77 bits per heavy atom. The highest BCUT2D eigenvalue weighted by molar-refractivity contribution is 7.98. The molecule has 1 aromatic heterocycles. The average Bonchev–Trinajstić information content (AvgIpc) is 3.20. The van der Waals surface area contributed by atoms with Crippen molar-refractivity contribution < 1.29 is 18.8 Å². The number of hydrogen-bond acceptors (Lipinski definition) is 7. The lowest BCUT2D eigenvalue weighted by Crippen LogP contribution is -2.15. The lowest BCUT2D eigenvalue weighted by Gasteiger charge is -2.09. The zero-order valence-corrected chi connectivity index (χ0v) is 17.0. The molecule has 0 fully saturated rings. The van der Waals surface area contributed by atoms with Gasteiger partial charge in [0.25, 0.3) is 0 Å². The Labute approximate surface area is 177 Å². The number of benzene rings is 3. The second-order valence-electron chi connectivity index (χ2n) is 6.58. The van der Waals surface area contributed by atoms with Gasteiger partial charge in [-0.25, -0.2) is 4.79 Å². The van der Waals surface area contributed by atoms with E-state index in [1.807, 2.05) is 48.5 Å². The third kappa shape index (κ3) is 4.58. The van der Waals surface area contributed by atoms with E-state index in [9.17, 15) is 9.59 Å². The molecule has 0 radical (unpaired) electrons. The molecule has 30 heavy (non-hydrogen) atoms. The van der Waals surface area contributed by atoms with E-state index in [-0.39, 0.29) is 12.4 Å². The zero-order chi connectivity index (χ0) is 20.9. The van der Waals surface area contributed by atoms with Crippen LogP contribution in [0, 0.1) is 6.92 Å². The van der Waals surface area contributed by atoms with Crippen molar-refractivity contribution in [2.75, 3.05) is 6.61 Å². The van der Waals surface area contributed by atoms with Crippen molar-refractivity contribution in [2.45, 2.75) is 17.6 Å². The minimum absolute atomic E-state index is 0.249. The summed E-state index contributed by atoms with van der Waals surface area (Å²) in [5.74, 6) is 0.674. The normalized spacial score (nSPS) is 10.8. The molecule has 0 unspecified atom stereocenters. The molecule has 4 aromatic rings. The molecular formula is C23H18N2O4S. The van der Waals surface area contributed by atoms with Gasteiger partial charge in [0, 0.05) is 10.5 Å². The van der Waals surface area contributed by atoms with E-state index in [1.54, 1.807) is 25.1 Å². The first-order valence-corrected chi connectivity index (χ1v) is 10.3. The highest BCUT2D eigenvalue weighted by Gasteiger charge is 2.16. The predicted octanol–water partition coefficient (Wildman–Crippen LogP) is 4.86. The van der Waals surface area contributed by atoms with Crippen LogP contribution in [-0.4, -0.2) is 28.5 Å². The molecule has 150 valence electrons. The number of ketones is 1. The lowest BCUT2D eigenvalue weighted by molar-refractivity contribution is 0.0471. The molecule has 7 heteroatoms. The maximum atomic E-state index is 12.6. The van der Waals surface area contributed by atoms with Crippen molar-refractivity contribution in [2.24, 2.45) is 0 Å². The van der Waals surface area contributed by atoms with Gasteiger partial charge in [-0.15, -0.1) is 11.8 Å². The summed E-state index contributed by atoms with van der Waals surface area (Å²) in [5, 5.41) is 5.77. The molecule has 4 rings (SSSR count). The molecule has 0 aliphatic rings. The van der Waals surface area contributed by atoms with Crippen LogP contribution in [0.1, 0.15) is 32.4 Å². The second-order valence-corrected chi connectivity index (χ2v) is 7.60. The van der Waals surface area contributed by atoms with E-state index < -0.39 is 5.97 Å². The predicted molar refractivity (Wildman–Crippen MR) is 114 cm³/mol. The van der Waals surface area contributed by atoms with Crippen LogP contribution in [0.15, 0.2) is 76.1 Å². The maximum absolute atomic E-state index is 12.6. The number of aryl methyl sites for hydroxylation is 1. The highest BCUT2D eigenvalue weighted by atomic mass is 32.2. The molecule has 0 spiro atoms. The standard InChI is InChI=1S/C23H18N2O4S/c1-15-24-22(29-25-15)14-30-21-9-5-4-8-19(21)23(27)28-13-20(26)18-11-10-16-6-2-3-7-17(16)12-18/h2-12H,13-14H2,1H3. The molecule has 3 aromatic carbocycles. The van der Waals surface area contributed by atoms with E-state index in [2.05, 4.69) is 10.1 Å². The minimum atomic E-state index is -0.547. The molecular weight excluding hydrogens is 400 g/mol. The first-order valence-electron chi connectivity index (χ1n) is 9.30. The maximum Gasteiger partial charge on any atom is 0.339 e. The molecule has 0 saturated carbocycles. The smallest absolute Gasteiger partial charge is 0.339 e. The quantitative estimate of drug-likeness (QED) is 0.241. The van der Waals surface area contributed by atoms with Crippen LogP contribution < -0.4 is 0 Å². The van der Waals surface area contributed by atoms with E-state index in [0.717, 1.165) is 15.7 Å². The van der Waals surface area contributed by atoms with Crippen LogP contribution in [0.2, 0.25) is 0 Å². The van der Waals surface area contributed by atoms with E-state index in [4.69, 9.17) is 9.26 Å². The number of rotatable bonds is 7. The van der Waals surface area contributed by atoms with Crippen molar-refractivity contribution in [1.29, 1.82) is 0 Å². The van der Waals surface area contributed by atoms with Gasteiger partial charge in [-0.1, -0.05) is 53.7 Å². The molecule has 0 aliphatic heterocycles. The monoisotopic (exact) mass is 418 g/mol. The first-order chi connectivity index (χ1) is 14.6. The number of thioether (sulfide) groups is 1. The molecule has 6 nitrogen and oxygen atoms in total. The van der Waals surface area contributed by atoms with Crippen LogP contribution in [0.4, 0.5) is 0 Å². The van der Waals surface area contributed by atoms with Crippen molar-refractivity contribution in [3.05, 3.63) is 89.6 Å². The summed E-state index contributed by atoms with van der Waals surface area (Å²) in [7, 11) is 0. The van der Waals surface area contributed by atoms with Crippen LogP contribution in [0.25, 0.3) is 10.8 Å². The van der Waals surface area contributed by atoms with Crippen LogP contribution in [0.3, 0.4) is 0 Å². The van der Waals surface area contributed by atoms with E-state index in [0.29, 0.717) is 28.6 Å². The van der Waals surface area contributed by atoms with Gasteiger partial charge in [0.15, 0.2) is 18.2 Å². The fraction of sp³-hybridized carbons (Fsp3) is 0.130. The van der Waals surface area contributed by atoms with Crippen molar-refractivity contribution in [1.82, 2.24) is 10.1 Å². The SMILES string of the molecule is Cc1noc(CSc2ccccc2C(=O)OCC(=O)c2ccc3ccccc3c2)n1. The molecule has 0 aliphatic carbocycles. The molecule has 0 bridgehead atoms. The number of ether oxygens (including phenoxy) is 1. The Hall–Kier alpha value is -3.45. The number of aromatic nitrogens is 2. The van der Waals surface area contributed by atoms with E-state index >= 15 is 0 Å². The third-order valence-electron chi connectivity index (χ3n) is 4.43. The lowest BCUT2D eigenvalue weighted by atomic mass is 10.0. The Kier molecular flexibility index (Phi) is 5.90. The molecule has 1 heterocycles.